The van der Waals surface area contributed by atoms with Crippen LogP contribution in [0.5, 0.6) is 0 Å². The molecule has 3 unspecified atom stereocenters. The molecule has 2 aliphatic rings. The van der Waals surface area contributed by atoms with Crippen molar-refractivity contribution in [2.45, 2.75) is 32.2 Å². The first kappa shape index (κ1) is 12.8. The van der Waals surface area contributed by atoms with E-state index in [-0.39, 0.29) is 6.04 Å². The second kappa shape index (κ2) is 5.83. The molecule has 1 amide bonds. The first-order chi connectivity index (χ1) is 8.22. The van der Waals surface area contributed by atoms with Crippen LogP contribution < -0.4 is 5.32 Å². The Kier molecular flexibility index (Phi) is 4.40. The summed E-state index contributed by atoms with van der Waals surface area (Å²) in [6.07, 6.45) is 3.41. The lowest BCUT2D eigenvalue weighted by Gasteiger charge is -2.34. The standard InChI is InChI=1S/C13H24N2O2/c1-10-5-6-14-12(10)13(16)15-7-3-4-11(8-15)9-17-2/h10-12,14H,3-9H2,1-2H3. The number of piperidine rings is 1. The molecule has 0 saturated carbocycles. The van der Waals surface area contributed by atoms with Crippen molar-refractivity contribution < 1.29 is 9.53 Å². The Hall–Kier alpha value is -0.610. The molecule has 0 aromatic heterocycles. The molecule has 0 spiro atoms. The average molecular weight is 240 g/mol. The third-order valence-corrected chi connectivity index (χ3v) is 4.03. The third kappa shape index (κ3) is 2.99. The molecule has 4 nitrogen and oxygen atoms in total. The van der Waals surface area contributed by atoms with E-state index < -0.39 is 0 Å². The fourth-order valence-electron chi connectivity index (χ4n) is 3.00. The van der Waals surface area contributed by atoms with Gasteiger partial charge in [-0.05, 0) is 37.6 Å². The summed E-state index contributed by atoms with van der Waals surface area (Å²) in [5, 5.41) is 3.33. The summed E-state index contributed by atoms with van der Waals surface area (Å²) in [6.45, 7) is 5.71. The molecule has 0 radical (unpaired) electrons. The predicted octanol–water partition coefficient (Wildman–Crippen LogP) is 0.869. The Morgan fingerprint density at radius 1 is 1.47 bits per heavy atom. The molecular formula is C13H24N2O2. The van der Waals surface area contributed by atoms with Gasteiger partial charge < -0.3 is 15.0 Å². The zero-order chi connectivity index (χ0) is 12.3. The maximum absolute atomic E-state index is 12.4. The highest BCUT2D eigenvalue weighted by Gasteiger charge is 2.34. The Morgan fingerprint density at radius 3 is 2.94 bits per heavy atom. The molecule has 2 rings (SSSR count). The quantitative estimate of drug-likeness (QED) is 0.796. The van der Waals surface area contributed by atoms with Gasteiger partial charge in [-0.2, -0.15) is 0 Å². The number of nitrogens with one attached hydrogen (secondary N) is 1. The van der Waals surface area contributed by atoms with Crippen molar-refractivity contribution in [3.05, 3.63) is 0 Å². The minimum Gasteiger partial charge on any atom is -0.384 e. The van der Waals surface area contributed by atoms with E-state index in [1.165, 1.54) is 6.42 Å². The van der Waals surface area contributed by atoms with E-state index in [1.807, 2.05) is 4.90 Å². The van der Waals surface area contributed by atoms with Crippen molar-refractivity contribution in [2.75, 3.05) is 33.4 Å². The fourth-order valence-corrected chi connectivity index (χ4v) is 3.00. The lowest BCUT2D eigenvalue weighted by molar-refractivity contribution is -0.136. The Labute approximate surface area is 104 Å². The molecule has 2 aliphatic heterocycles. The highest BCUT2D eigenvalue weighted by molar-refractivity contribution is 5.82. The monoisotopic (exact) mass is 240 g/mol. The third-order valence-electron chi connectivity index (χ3n) is 4.03. The van der Waals surface area contributed by atoms with Crippen LogP contribution in [0.15, 0.2) is 0 Å². The molecule has 3 atom stereocenters. The zero-order valence-electron chi connectivity index (χ0n) is 10.9. The number of likely N-dealkylation sites (tertiary alicyclic amines) is 1. The van der Waals surface area contributed by atoms with Gasteiger partial charge in [0.1, 0.15) is 0 Å². The number of ether oxygens (including phenoxy) is 1. The van der Waals surface area contributed by atoms with Crippen LogP contribution in [0.25, 0.3) is 0 Å². The van der Waals surface area contributed by atoms with E-state index in [9.17, 15) is 4.79 Å². The predicted molar refractivity (Wildman–Crippen MR) is 66.8 cm³/mol. The minimum absolute atomic E-state index is 0.0521. The second-order valence-corrected chi connectivity index (χ2v) is 5.45. The highest BCUT2D eigenvalue weighted by atomic mass is 16.5. The Balaban J connectivity index is 1.90. The largest absolute Gasteiger partial charge is 0.384 e. The Bertz CT molecular complexity index is 268. The van der Waals surface area contributed by atoms with Crippen molar-refractivity contribution in [2.24, 2.45) is 11.8 Å². The molecule has 4 heteroatoms. The SMILES string of the molecule is COCC1CCCN(C(=O)C2NCCC2C)C1. The van der Waals surface area contributed by atoms with E-state index in [2.05, 4.69) is 12.2 Å². The molecule has 98 valence electrons. The second-order valence-electron chi connectivity index (χ2n) is 5.45. The summed E-state index contributed by atoms with van der Waals surface area (Å²) in [4.78, 5) is 14.4. The minimum atomic E-state index is 0.0521. The molecule has 2 heterocycles. The van der Waals surface area contributed by atoms with Crippen LogP contribution in [0.1, 0.15) is 26.2 Å². The number of hydrogen-bond donors (Lipinski definition) is 1. The molecule has 0 bridgehead atoms. The number of carbonyl (C=O) groups excluding carboxylic acids is 1. The maximum atomic E-state index is 12.4. The van der Waals surface area contributed by atoms with E-state index in [4.69, 9.17) is 4.74 Å². The van der Waals surface area contributed by atoms with Crippen LogP contribution in [0.3, 0.4) is 0 Å². The van der Waals surface area contributed by atoms with Gasteiger partial charge in [0.05, 0.1) is 12.6 Å². The van der Waals surface area contributed by atoms with Gasteiger partial charge in [0, 0.05) is 20.2 Å². The number of nitrogens with zero attached hydrogens (tertiary/aromatic N) is 1. The van der Waals surface area contributed by atoms with Crippen molar-refractivity contribution in [1.29, 1.82) is 0 Å². The molecule has 0 aromatic rings. The van der Waals surface area contributed by atoms with E-state index in [1.54, 1.807) is 7.11 Å². The number of carbonyl (C=O) groups is 1. The van der Waals surface area contributed by atoms with Crippen molar-refractivity contribution in [1.82, 2.24) is 10.2 Å². The van der Waals surface area contributed by atoms with Crippen molar-refractivity contribution >= 4 is 5.91 Å². The molecule has 2 fully saturated rings. The summed E-state index contributed by atoms with van der Waals surface area (Å²) in [7, 11) is 1.74. The molecule has 0 aliphatic carbocycles. The first-order valence-corrected chi connectivity index (χ1v) is 6.73. The van der Waals surface area contributed by atoms with Crippen molar-refractivity contribution in [3.8, 4) is 0 Å². The number of amides is 1. The first-order valence-electron chi connectivity index (χ1n) is 6.73. The van der Waals surface area contributed by atoms with Gasteiger partial charge >= 0.3 is 0 Å². The molecule has 0 aromatic carbocycles. The topological polar surface area (TPSA) is 41.6 Å². The van der Waals surface area contributed by atoms with Gasteiger partial charge in [0.15, 0.2) is 0 Å². The smallest absolute Gasteiger partial charge is 0.239 e. The zero-order valence-corrected chi connectivity index (χ0v) is 10.9. The number of rotatable bonds is 3. The maximum Gasteiger partial charge on any atom is 0.239 e. The average Bonchev–Trinajstić information content (AvgIpc) is 2.75. The Morgan fingerprint density at radius 2 is 2.29 bits per heavy atom. The van der Waals surface area contributed by atoms with Crippen LogP contribution in [0.2, 0.25) is 0 Å². The van der Waals surface area contributed by atoms with E-state index in [0.717, 1.165) is 39.1 Å². The van der Waals surface area contributed by atoms with Crippen LogP contribution in [0.4, 0.5) is 0 Å². The van der Waals surface area contributed by atoms with E-state index in [0.29, 0.717) is 17.7 Å². The summed E-state index contributed by atoms with van der Waals surface area (Å²) in [5.74, 6) is 1.30. The summed E-state index contributed by atoms with van der Waals surface area (Å²) in [6, 6.07) is 0.0521. The highest BCUT2D eigenvalue weighted by Crippen LogP contribution is 2.21. The molecule has 1 N–H and O–H groups in total. The van der Waals surface area contributed by atoms with Gasteiger partial charge in [-0.25, -0.2) is 0 Å². The van der Waals surface area contributed by atoms with Gasteiger partial charge in [-0.3, -0.25) is 4.79 Å². The van der Waals surface area contributed by atoms with Crippen LogP contribution >= 0.6 is 0 Å². The summed E-state index contributed by atoms with van der Waals surface area (Å²) in [5.41, 5.74) is 0. The number of hydrogen-bond acceptors (Lipinski definition) is 3. The van der Waals surface area contributed by atoms with Gasteiger partial charge in [-0.15, -0.1) is 0 Å². The summed E-state index contributed by atoms with van der Waals surface area (Å²) >= 11 is 0. The summed E-state index contributed by atoms with van der Waals surface area (Å²) < 4.78 is 5.20. The van der Waals surface area contributed by atoms with Gasteiger partial charge in [0.25, 0.3) is 0 Å². The molecule has 17 heavy (non-hydrogen) atoms. The van der Waals surface area contributed by atoms with Gasteiger partial charge in [-0.1, -0.05) is 6.92 Å². The normalized spacial score (nSPS) is 34.0. The van der Waals surface area contributed by atoms with Crippen LogP contribution in [0, 0.1) is 11.8 Å². The van der Waals surface area contributed by atoms with Crippen molar-refractivity contribution in [3.63, 3.8) is 0 Å². The van der Waals surface area contributed by atoms with Gasteiger partial charge in [0.2, 0.25) is 5.91 Å². The van der Waals surface area contributed by atoms with Crippen LogP contribution in [-0.2, 0) is 9.53 Å². The molecular weight excluding hydrogens is 216 g/mol. The molecule has 2 saturated heterocycles. The van der Waals surface area contributed by atoms with Crippen LogP contribution in [-0.4, -0.2) is 50.2 Å². The van der Waals surface area contributed by atoms with E-state index >= 15 is 0 Å². The lowest BCUT2D eigenvalue weighted by atomic mass is 9.96. The lowest BCUT2D eigenvalue weighted by Crippen LogP contribution is -2.50. The fraction of sp³-hybridized carbons (Fsp3) is 0.923. The number of methoxy groups -OCH3 is 1.